The SMILES string of the molecule is Cc1c(Cl)ccc2c1NC(=O)[C@]21N[C@@H](CCC(N)=O)[C@H]2C(=O)N([C@H](C)c3ccccc3)C(=O)[C@@H]21. The molecule has 4 N–H and O–H groups in total. The highest BCUT2D eigenvalue weighted by molar-refractivity contribution is 6.32. The number of amides is 4. The fraction of sp³-hybridized carbons (Fsp3) is 0.360. The van der Waals surface area contributed by atoms with Crippen molar-refractivity contribution in [3.05, 3.63) is 64.2 Å². The van der Waals surface area contributed by atoms with E-state index in [9.17, 15) is 19.2 Å². The summed E-state index contributed by atoms with van der Waals surface area (Å²) in [6, 6.07) is 11.6. The molecule has 0 saturated carbocycles. The summed E-state index contributed by atoms with van der Waals surface area (Å²) in [4.78, 5) is 54.1. The van der Waals surface area contributed by atoms with Gasteiger partial charge in [-0.15, -0.1) is 0 Å². The van der Waals surface area contributed by atoms with Gasteiger partial charge in [0.1, 0.15) is 5.54 Å². The largest absolute Gasteiger partial charge is 0.370 e. The minimum atomic E-state index is -1.43. The van der Waals surface area contributed by atoms with E-state index in [2.05, 4.69) is 10.6 Å². The van der Waals surface area contributed by atoms with Gasteiger partial charge in [-0.05, 0) is 37.5 Å². The minimum Gasteiger partial charge on any atom is -0.370 e. The van der Waals surface area contributed by atoms with Crippen LogP contribution in [0.4, 0.5) is 5.69 Å². The summed E-state index contributed by atoms with van der Waals surface area (Å²) in [5.41, 5.74) is 6.60. The Balaban J connectivity index is 1.63. The van der Waals surface area contributed by atoms with Crippen molar-refractivity contribution in [3.8, 4) is 0 Å². The Kier molecular flexibility index (Phi) is 5.26. The van der Waals surface area contributed by atoms with Crippen molar-refractivity contribution in [1.82, 2.24) is 10.2 Å². The van der Waals surface area contributed by atoms with Gasteiger partial charge >= 0.3 is 0 Å². The van der Waals surface area contributed by atoms with Gasteiger partial charge in [0.2, 0.25) is 23.6 Å². The predicted octanol–water partition coefficient (Wildman–Crippen LogP) is 2.40. The Bertz CT molecular complexity index is 1230. The van der Waals surface area contributed by atoms with E-state index < -0.39 is 47.2 Å². The lowest BCUT2D eigenvalue weighted by molar-refractivity contribution is -0.145. The summed E-state index contributed by atoms with van der Waals surface area (Å²) < 4.78 is 0. The van der Waals surface area contributed by atoms with Crippen molar-refractivity contribution in [3.63, 3.8) is 0 Å². The molecule has 3 heterocycles. The molecule has 3 aliphatic heterocycles. The number of rotatable bonds is 5. The molecule has 1 spiro atoms. The molecule has 9 heteroatoms. The Labute approximate surface area is 201 Å². The van der Waals surface area contributed by atoms with E-state index in [1.165, 1.54) is 4.90 Å². The number of hydrogen-bond acceptors (Lipinski definition) is 5. The van der Waals surface area contributed by atoms with Crippen LogP contribution in [0.3, 0.4) is 0 Å². The standard InChI is InChI=1S/C25H25ClN4O4/c1-12-16(26)9-8-15-21(12)28-24(34)25(15)20-19(17(29-25)10-11-18(27)31)22(32)30(23(20)33)13(2)14-6-4-3-5-7-14/h3-9,13,17,19-20,29H,10-11H2,1-2H3,(H2,27,31)(H,28,34)/t13-,17+,19-,20-,25+/m1/s1. The zero-order valence-electron chi connectivity index (χ0n) is 18.8. The van der Waals surface area contributed by atoms with Crippen molar-refractivity contribution in [1.29, 1.82) is 0 Å². The van der Waals surface area contributed by atoms with Crippen LogP contribution in [-0.4, -0.2) is 34.6 Å². The molecule has 5 atom stereocenters. The van der Waals surface area contributed by atoms with Gasteiger partial charge in [0, 0.05) is 23.0 Å². The third-order valence-electron chi connectivity index (χ3n) is 7.49. The number of imide groups is 1. The molecule has 3 aliphatic rings. The molecular weight excluding hydrogens is 456 g/mol. The molecule has 2 aromatic carbocycles. The summed E-state index contributed by atoms with van der Waals surface area (Å²) in [6.45, 7) is 3.60. The van der Waals surface area contributed by atoms with Crippen LogP contribution in [0.2, 0.25) is 5.02 Å². The molecule has 2 aromatic rings. The first kappa shape index (κ1) is 22.6. The van der Waals surface area contributed by atoms with Crippen molar-refractivity contribution in [2.45, 2.75) is 44.3 Å². The zero-order valence-corrected chi connectivity index (χ0v) is 19.6. The lowest BCUT2D eigenvalue weighted by Crippen LogP contribution is -2.53. The first-order valence-electron chi connectivity index (χ1n) is 11.3. The summed E-state index contributed by atoms with van der Waals surface area (Å²) in [7, 11) is 0. The molecule has 0 aliphatic carbocycles. The number of hydrogen-bond donors (Lipinski definition) is 3. The van der Waals surface area contributed by atoms with Crippen LogP contribution in [0.5, 0.6) is 0 Å². The van der Waals surface area contributed by atoms with E-state index in [1.54, 1.807) is 26.0 Å². The molecule has 0 unspecified atom stereocenters. The number of nitrogens with zero attached hydrogens (tertiary/aromatic N) is 1. The number of benzene rings is 2. The number of nitrogens with one attached hydrogen (secondary N) is 2. The topological polar surface area (TPSA) is 122 Å². The quantitative estimate of drug-likeness (QED) is 0.567. The molecule has 34 heavy (non-hydrogen) atoms. The summed E-state index contributed by atoms with van der Waals surface area (Å²) in [5, 5.41) is 6.68. The van der Waals surface area contributed by atoms with Gasteiger partial charge in [0.15, 0.2) is 0 Å². The first-order valence-corrected chi connectivity index (χ1v) is 11.6. The van der Waals surface area contributed by atoms with E-state index in [0.29, 0.717) is 21.8 Å². The molecule has 0 bridgehead atoms. The number of carbonyl (C=O) groups excluding carboxylic acids is 4. The Morgan fingerprint density at radius 1 is 1.15 bits per heavy atom. The van der Waals surface area contributed by atoms with Crippen molar-refractivity contribution in [2.24, 2.45) is 17.6 Å². The minimum absolute atomic E-state index is 0.0286. The molecule has 5 rings (SSSR count). The van der Waals surface area contributed by atoms with Crippen LogP contribution in [0, 0.1) is 18.8 Å². The third-order valence-corrected chi connectivity index (χ3v) is 7.90. The number of fused-ring (bicyclic) bond motifs is 4. The fourth-order valence-corrected chi connectivity index (χ4v) is 5.98. The van der Waals surface area contributed by atoms with Crippen LogP contribution in [0.15, 0.2) is 42.5 Å². The van der Waals surface area contributed by atoms with Crippen molar-refractivity contribution >= 4 is 40.9 Å². The van der Waals surface area contributed by atoms with Crippen LogP contribution >= 0.6 is 11.6 Å². The molecule has 0 radical (unpaired) electrons. The summed E-state index contributed by atoms with van der Waals surface area (Å²) >= 11 is 6.29. The average molecular weight is 481 g/mol. The second kappa shape index (κ2) is 7.92. The number of primary amides is 1. The van der Waals surface area contributed by atoms with Crippen molar-refractivity contribution < 1.29 is 19.2 Å². The van der Waals surface area contributed by atoms with Crippen LogP contribution < -0.4 is 16.4 Å². The van der Waals surface area contributed by atoms with Crippen LogP contribution in [0.25, 0.3) is 0 Å². The maximum absolute atomic E-state index is 13.9. The fourth-order valence-electron chi connectivity index (χ4n) is 5.82. The van der Waals surface area contributed by atoms with Crippen LogP contribution in [0.1, 0.15) is 42.5 Å². The van der Waals surface area contributed by atoms with Crippen LogP contribution in [-0.2, 0) is 24.7 Å². The highest BCUT2D eigenvalue weighted by Crippen LogP contribution is 2.55. The molecule has 2 fully saturated rings. The van der Waals surface area contributed by atoms with E-state index in [1.807, 2.05) is 30.3 Å². The van der Waals surface area contributed by atoms with Gasteiger partial charge in [-0.1, -0.05) is 48.0 Å². The molecule has 8 nitrogen and oxygen atoms in total. The first-order chi connectivity index (χ1) is 16.2. The molecule has 4 amide bonds. The van der Waals surface area contributed by atoms with E-state index >= 15 is 0 Å². The van der Waals surface area contributed by atoms with Gasteiger partial charge < -0.3 is 11.1 Å². The number of carbonyl (C=O) groups is 4. The Morgan fingerprint density at radius 3 is 2.53 bits per heavy atom. The summed E-state index contributed by atoms with van der Waals surface area (Å²) in [5.74, 6) is -3.42. The normalized spacial score (nSPS) is 28.3. The maximum Gasteiger partial charge on any atom is 0.250 e. The molecule has 0 aromatic heterocycles. The smallest absolute Gasteiger partial charge is 0.250 e. The lowest BCUT2D eigenvalue weighted by Gasteiger charge is -2.31. The molecule has 176 valence electrons. The highest BCUT2D eigenvalue weighted by Gasteiger charge is 2.70. The highest BCUT2D eigenvalue weighted by atomic mass is 35.5. The predicted molar refractivity (Wildman–Crippen MR) is 126 cm³/mol. The number of likely N-dealkylation sites (tertiary alicyclic amines) is 1. The van der Waals surface area contributed by atoms with Gasteiger partial charge in [0.05, 0.1) is 23.6 Å². The Morgan fingerprint density at radius 2 is 1.85 bits per heavy atom. The zero-order chi connectivity index (χ0) is 24.4. The lowest BCUT2D eigenvalue weighted by atomic mass is 9.76. The summed E-state index contributed by atoms with van der Waals surface area (Å²) in [6.07, 6.45) is 0.265. The Hall–Kier alpha value is -3.23. The average Bonchev–Trinajstić information content (AvgIpc) is 3.40. The van der Waals surface area contributed by atoms with Gasteiger partial charge in [-0.3, -0.25) is 29.4 Å². The molecular formula is C25H25ClN4O4. The number of halogens is 1. The number of nitrogens with two attached hydrogens (primary N) is 1. The van der Waals surface area contributed by atoms with Gasteiger partial charge in [-0.2, -0.15) is 0 Å². The number of anilines is 1. The van der Waals surface area contributed by atoms with Crippen molar-refractivity contribution in [2.75, 3.05) is 5.32 Å². The van der Waals surface area contributed by atoms with E-state index in [0.717, 1.165) is 5.56 Å². The molecule has 2 saturated heterocycles. The van der Waals surface area contributed by atoms with E-state index in [4.69, 9.17) is 17.3 Å². The van der Waals surface area contributed by atoms with Gasteiger partial charge in [0.25, 0.3) is 0 Å². The van der Waals surface area contributed by atoms with Gasteiger partial charge in [-0.25, -0.2) is 0 Å². The monoisotopic (exact) mass is 480 g/mol. The maximum atomic E-state index is 13.9. The third kappa shape index (κ3) is 3.02. The second-order valence-electron chi connectivity index (χ2n) is 9.25. The second-order valence-corrected chi connectivity index (χ2v) is 9.66. The van der Waals surface area contributed by atoms with E-state index in [-0.39, 0.29) is 18.7 Å².